The normalized spacial score (nSPS) is 21.6. The highest BCUT2D eigenvalue weighted by Crippen LogP contribution is 2.40. The zero-order valence-electron chi connectivity index (χ0n) is 9.46. The summed E-state index contributed by atoms with van der Waals surface area (Å²) < 4.78 is 18.9. The summed E-state index contributed by atoms with van der Waals surface area (Å²) in [6.45, 7) is 0. The predicted molar refractivity (Wildman–Crippen MR) is 61.5 cm³/mol. The Balaban J connectivity index is 1.97. The number of carbonyl (C=O) groups is 1. The third-order valence-electron chi connectivity index (χ3n) is 3.57. The molecule has 1 N–H and O–H groups in total. The van der Waals surface area contributed by atoms with Crippen molar-refractivity contribution in [3.8, 4) is 5.75 Å². The summed E-state index contributed by atoms with van der Waals surface area (Å²) in [7, 11) is 0. The Morgan fingerprint density at radius 3 is 2.76 bits per heavy atom. The van der Waals surface area contributed by atoms with E-state index < -0.39 is 5.60 Å². The molecule has 1 aliphatic carbocycles. The molecule has 3 nitrogen and oxygen atoms in total. The molecule has 1 saturated carbocycles. The molecule has 0 atom stereocenters. The van der Waals surface area contributed by atoms with Crippen LogP contribution in [0.5, 0.6) is 5.75 Å². The van der Waals surface area contributed by atoms with Gasteiger partial charge in [-0.3, -0.25) is 4.79 Å². The lowest BCUT2D eigenvalue weighted by Gasteiger charge is -2.39. The molecule has 1 aromatic rings. The number of nitrogens with one attached hydrogen (secondary N) is 1. The van der Waals surface area contributed by atoms with Gasteiger partial charge in [-0.2, -0.15) is 0 Å². The fraction of sp³-hybridized carbons (Fsp3) is 0.462. The van der Waals surface area contributed by atoms with Crippen LogP contribution in [0.25, 0.3) is 0 Å². The number of fused-ring (bicyclic) bond motifs is 1. The van der Waals surface area contributed by atoms with Crippen molar-refractivity contribution in [2.45, 2.75) is 37.7 Å². The van der Waals surface area contributed by atoms with E-state index in [-0.39, 0.29) is 11.7 Å². The number of amides is 1. The standard InChI is InChI=1S/C13H14FNO2/c14-9-4-5-11-10(8-9)15-12(16)13(17-11)6-2-1-3-7-13/h4-5,8H,1-3,6-7H2,(H,15,16). The molecule has 90 valence electrons. The minimum absolute atomic E-state index is 0.129. The number of hydrogen-bond donors (Lipinski definition) is 1. The van der Waals surface area contributed by atoms with Crippen LogP contribution in [0.1, 0.15) is 32.1 Å². The second-order valence-corrected chi connectivity index (χ2v) is 4.75. The average molecular weight is 235 g/mol. The highest BCUT2D eigenvalue weighted by molar-refractivity contribution is 6.00. The van der Waals surface area contributed by atoms with Crippen molar-refractivity contribution >= 4 is 11.6 Å². The van der Waals surface area contributed by atoms with Gasteiger partial charge >= 0.3 is 0 Å². The van der Waals surface area contributed by atoms with E-state index in [0.29, 0.717) is 11.4 Å². The van der Waals surface area contributed by atoms with Gasteiger partial charge in [0, 0.05) is 6.07 Å². The monoisotopic (exact) mass is 235 g/mol. The van der Waals surface area contributed by atoms with E-state index in [1.807, 2.05) is 0 Å². The van der Waals surface area contributed by atoms with Crippen LogP contribution < -0.4 is 10.1 Å². The molecule has 0 saturated heterocycles. The highest BCUT2D eigenvalue weighted by Gasteiger charge is 2.45. The molecule has 1 amide bonds. The third-order valence-corrected chi connectivity index (χ3v) is 3.57. The van der Waals surface area contributed by atoms with E-state index in [1.165, 1.54) is 12.1 Å². The molecule has 1 spiro atoms. The first-order valence-corrected chi connectivity index (χ1v) is 6.00. The lowest BCUT2D eigenvalue weighted by Crippen LogP contribution is -2.52. The van der Waals surface area contributed by atoms with Gasteiger partial charge in [-0.05, 0) is 37.8 Å². The fourth-order valence-electron chi connectivity index (χ4n) is 2.63. The van der Waals surface area contributed by atoms with Crippen molar-refractivity contribution in [1.82, 2.24) is 0 Å². The van der Waals surface area contributed by atoms with E-state index in [2.05, 4.69) is 5.32 Å². The Morgan fingerprint density at radius 1 is 1.24 bits per heavy atom. The van der Waals surface area contributed by atoms with Gasteiger partial charge in [0.2, 0.25) is 0 Å². The Morgan fingerprint density at radius 2 is 2.00 bits per heavy atom. The van der Waals surface area contributed by atoms with Crippen molar-refractivity contribution in [2.24, 2.45) is 0 Å². The minimum Gasteiger partial charge on any atom is -0.475 e. The topological polar surface area (TPSA) is 38.3 Å². The molecule has 3 rings (SSSR count). The van der Waals surface area contributed by atoms with Crippen LogP contribution in [-0.2, 0) is 4.79 Å². The van der Waals surface area contributed by atoms with E-state index >= 15 is 0 Å². The van der Waals surface area contributed by atoms with Crippen LogP contribution in [-0.4, -0.2) is 11.5 Å². The highest BCUT2D eigenvalue weighted by atomic mass is 19.1. The van der Waals surface area contributed by atoms with Crippen molar-refractivity contribution in [1.29, 1.82) is 0 Å². The number of rotatable bonds is 0. The smallest absolute Gasteiger partial charge is 0.268 e. The molecule has 0 unspecified atom stereocenters. The maximum atomic E-state index is 13.0. The van der Waals surface area contributed by atoms with Gasteiger partial charge in [0.25, 0.3) is 5.91 Å². The Bertz CT molecular complexity index is 466. The number of hydrogen-bond acceptors (Lipinski definition) is 2. The van der Waals surface area contributed by atoms with Crippen LogP contribution in [0, 0.1) is 5.82 Å². The van der Waals surface area contributed by atoms with Gasteiger partial charge < -0.3 is 10.1 Å². The molecule has 0 aromatic heterocycles. The third kappa shape index (κ3) is 1.68. The van der Waals surface area contributed by atoms with Crippen LogP contribution in [0.4, 0.5) is 10.1 Å². The first-order chi connectivity index (χ1) is 8.20. The fourth-order valence-corrected chi connectivity index (χ4v) is 2.63. The molecule has 17 heavy (non-hydrogen) atoms. The maximum absolute atomic E-state index is 13.0. The van der Waals surface area contributed by atoms with Gasteiger partial charge in [0.05, 0.1) is 5.69 Å². The number of benzene rings is 1. The van der Waals surface area contributed by atoms with E-state index in [0.717, 1.165) is 32.1 Å². The second kappa shape index (κ2) is 3.72. The molecule has 1 heterocycles. The lowest BCUT2D eigenvalue weighted by atomic mass is 9.83. The molecule has 1 fully saturated rings. The molecule has 1 aromatic carbocycles. The summed E-state index contributed by atoms with van der Waals surface area (Å²) >= 11 is 0. The lowest BCUT2D eigenvalue weighted by molar-refractivity contribution is -0.135. The Kier molecular flexibility index (Phi) is 2.31. The average Bonchev–Trinajstić information content (AvgIpc) is 2.33. The summed E-state index contributed by atoms with van der Waals surface area (Å²) in [6, 6.07) is 4.23. The second-order valence-electron chi connectivity index (χ2n) is 4.75. The number of anilines is 1. The van der Waals surface area contributed by atoms with Crippen LogP contribution >= 0.6 is 0 Å². The number of carbonyl (C=O) groups excluding carboxylic acids is 1. The summed E-state index contributed by atoms with van der Waals surface area (Å²) in [4.78, 5) is 12.1. The molecule has 0 radical (unpaired) electrons. The van der Waals surface area contributed by atoms with Crippen LogP contribution in [0.3, 0.4) is 0 Å². The molecule has 1 aliphatic heterocycles. The number of ether oxygens (including phenoxy) is 1. The summed E-state index contributed by atoms with van der Waals surface area (Å²) in [5, 5.41) is 2.76. The summed E-state index contributed by atoms with van der Waals surface area (Å²) in [5.74, 6) is 0.0791. The zero-order valence-corrected chi connectivity index (χ0v) is 9.46. The number of halogens is 1. The Hall–Kier alpha value is -1.58. The predicted octanol–water partition coefficient (Wildman–Crippen LogP) is 2.86. The first-order valence-electron chi connectivity index (χ1n) is 6.00. The SMILES string of the molecule is O=C1Nc2cc(F)ccc2OC12CCCCC2. The van der Waals surface area contributed by atoms with Gasteiger partial charge in [-0.1, -0.05) is 6.42 Å². The van der Waals surface area contributed by atoms with Crippen LogP contribution in [0.15, 0.2) is 18.2 Å². The Labute approximate surface area is 99.0 Å². The zero-order chi connectivity index (χ0) is 11.9. The molecule has 4 heteroatoms. The van der Waals surface area contributed by atoms with E-state index in [1.54, 1.807) is 6.07 Å². The molecule has 2 aliphatic rings. The molecule has 0 bridgehead atoms. The first kappa shape index (κ1) is 10.6. The minimum atomic E-state index is -0.719. The van der Waals surface area contributed by atoms with E-state index in [4.69, 9.17) is 4.74 Å². The van der Waals surface area contributed by atoms with Crippen LogP contribution in [0.2, 0.25) is 0 Å². The molecular formula is C13H14FNO2. The largest absolute Gasteiger partial charge is 0.475 e. The van der Waals surface area contributed by atoms with Crippen molar-refractivity contribution in [3.63, 3.8) is 0 Å². The quantitative estimate of drug-likeness (QED) is 0.750. The van der Waals surface area contributed by atoms with Crippen molar-refractivity contribution in [3.05, 3.63) is 24.0 Å². The van der Waals surface area contributed by atoms with Crippen molar-refractivity contribution < 1.29 is 13.9 Å². The summed E-state index contributed by atoms with van der Waals surface area (Å²) in [5.41, 5.74) is -0.283. The molecular weight excluding hydrogens is 221 g/mol. The van der Waals surface area contributed by atoms with Gasteiger partial charge in [-0.25, -0.2) is 4.39 Å². The van der Waals surface area contributed by atoms with Gasteiger partial charge in [0.15, 0.2) is 5.60 Å². The van der Waals surface area contributed by atoms with Crippen molar-refractivity contribution in [2.75, 3.05) is 5.32 Å². The van der Waals surface area contributed by atoms with E-state index in [9.17, 15) is 9.18 Å². The van der Waals surface area contributed by atoms with Gasteiger partial charge in [-0.15, -0.1) is 0 Å². The summed E-state index contributed by atoms with van der Waals surface area (Å²) in [6.07, 6.45) is 4.65. The maximum Gasteiger partial charge on any atom is 0.268 e. The van der Waals surface area contributed by atoms with Gasteiger partial charge in [0.1, 0.15) is 11.6 Å².